The van der Waals surface area contributed by atoms with Crippen LogP contribution in [0.4, 0.5) is 10.5 Å². The number of likely N-dealkylation sites (tertiary alicyclic amines) is 1. The highest BCUT2D eigenvalue weighted by atomic mass is 32.2. The third-order valence-corrected chi connectivity index (χ3v) is 8.16. The van der Waals surface area contributed by atoms with Gasteiger partial charge in [0.05, 0.1) is 22.5 Å². The first-order valence-corrected chi connectivity index (χ1v) is 13.3. The molecular weight excluding hydrogens is 516 g/mol. The zero-order chi connectivity index (χ0) is 27.9. The number of esters is 1. The van der Waals surface area contributed by atoms with E-state index in [1.807, 2.05) is 0 Å². The number of nitrogens with zero attached hydrogens (tertiary/aromatic N) is 4. The quantitative estimate of drug-likeness (QED) is 0.266. The molecule has 2 aromatic heterocycles. The number of pyridine rings is 1. The highest BCUT2D eigenvalue weighted by Crippen LogP contribution is 2.45. The maximum absolute atomic E-state index is 13.4. The van der Waals surface area contributed by atoms with E-state index in [1.165, 1.54) is 36.4 Å². The van der Waals surface area contributed by atoms with Gasteiger partial charge in [0.1, 0.15) is 17.2 Å². The van der Waals surface area contributed by atoms with Crippen molar-refractivity contribution in [2.24, 2.45) is 0 Å². The number of fused-ring (bicyclic) bond motifs is 1. The predicted molar refractivity (Wildman–Crippen MR) is 136 cm³/mol. The Balaban J connectivity index is 1.86. The third kappa shape index (κ3) is 4.69. The first-order valence-electron chi connectivity index (χ1n) is 11.8. The summed E-state index contributed by atoms with van der Waals surface area (Å²) in [5.41, 5.74) is -2.75. The van der Waals surface area contributed by atoms with Gasteiger partial charge in [-0.15, -0.1) is 0 Å². The Labute approximate surface area is 219 Å². The lowest BCUT2D eigenvalue weighted by Gasteiger charge is -2.40. The molecule has 1 saturated heterocycles. The molecule has 1 amide bonds. The summed E-state index contributed by atoms with van der Waals surface area (Å²) in [7, 11) is -2.91. The maximum Gasteiger partial charge on any atom is 0.410 e. The molecular formula is C25H28N4O8S. The van der Waals surface area contributed by atoms with Gasteiger partial charge < -0.3 is 14.4 Å². The average molecular weight is 545 g/mol. The highest BCUT2D eigenvalue weighted by Gasteiger charge is 2.50. The largest absolute Gasteiger partial charge is 0.468 e. The number of benzene rings is 1. The Kier molecular flexibility index (Phi) is 6.91. The Morgan fingerprint density at radius 2 is 1.74 bits per heavy atom. The first-order chi connectivity index (χ1) is 17.8. The number of nitro groups is 1. The summed E-state index contributed by atoms with van der Waals surface area (Å²) in [6.07, 6.45) is 1.64. The van der Waals surface area contributed by atoms with Crippen LogP contribution in [0, 0.1) is 10.1 Å². The minimum absolute atomic E-state index is 0.00448. The first kappa shape index (κ1) is 27.0. The van der Waals surface area contributed by atoms with Crippen LogP contribution in [0.15, 0.2) is 53.7 Å². The number of rotatable bonds is 5. The van der Waals surface area contributed by atoms with Crippen LogP contribution >= 0.6 is 0 Å². The molecule has 0 unspecified atom stereocenters. The highest BCUT2D eigenvalue weighted by molar-refractivity contribution is 7.90. The fourth-order valence-corrected chi connectivity index (χ4v) is 6.07. The summed E-state index contributed by atoms with van der Waals surface area (Å²) in [4.78, 5) is 43.0. The van der Waals surface area contributed by atoms with Gasteiger partial charge in [0, 0.05) is 24.7 Å². The van der Waals surface area contributed by atoms with Crippen molar-refractivity contribution in [1.29, 1.82) is 0 Å². The van der Waals surface area contributed by atoms with Crippen LogP contribution in [0.3, 0.4) is 0 Å². The van der Waals surface area contributed by atoms with Crippen LogP contribution in [-0.2, 0) is 29.7 Å². The van der Waals surface area contributed by atoms with Gasteiger partial charge in [-0.2, -0.15) is 0 Å². The normalized spacial score (nSPS) is 15.7. The lowest BCUT2D eigenvalue weighted by Crippen LogP contribution is -2.50. The molecule has 1 aromatic carbocycles. The number of carbonyl (C=O) groups excluding carboxylic acids is 2. The van der Waals surface area contributed by atoms with E-state index in [2.05, 4.69) is 4.98 Å². The molecule has 4 rings (SSSR count). The van der Waals surface area contributed by atoms with Crippen molar-refractivity contribution in [2.75, 3.05) is 20.2 Å². The Hall–Kier alpha value is -4.00. The van der Waals surface area contributed by atoms with Crippen LogP contribution in [-0.4, -0.2) is 65.1 Å². The average Bonchev–Trinajstić information content (AvgIpc) is 3.32. The molecule has 13 heteroatoms. The van der Waals surface area contributed by atoms with E-state index in [9.17, 15) is 28.1 Å². The number of hydrogen-bond donors (Lipinski definition) is 0. The van der Waals surface area contributed by atoms with Crippen molar-refractivity contribution in [3.8, 4) is 0 Å². The number of carbonyl (C=O) groups is 2. The number of ether oxygens (including phenoxy) is 2. The molecule has 1 aliphatic heterocycles. The lowest BCUT2D eigenvalue weighted by molar-refractivity contribution is -0.386. The molecule has 0 atom stereocenters. The van der Waals surface area contributed by atoms with E-state index in [1.54, 1.807) is 39.0 Å². The number of methoxy groups -OCH3 is 1. The van der Waals surface area contributed by atoms with Gasteiger partial charge in [-0.05, 0) is 51.8 Å². The molecule has 38 heavy (non-hydrogen) atoms. The zero-order valence-corrected chi connectivity index (χ0v) is 22.2. The van der Waals surface area contributed by atoms with Gasteiger partial charge in [0.25, 0.3) is 15.7 Å². The van der Waals surface area contributed by atoms with Gasteiger partial charge in [-0.25, -0.2) is 22.2 Å². The van der Waals surface area contributed by atoms with E-state index in [4.69, 9.17) is 9.47 Å². The summed E-state index contributed by atoms with van der Waals surface area (Å²) < 4.78 is 38.2. The number of piperidine rings is 1. The molecule has 0 spiro atoms. The molecule has 0 aliphatic carbocycles. The molecule has 3 aromatic rings. The van der Waals surface area contributed by atoms with Gasteiger partial charge >= 0.3 is 12.1 Å². The van der Waals surface area contributed by atoms with Crippen LogP contribution < -0.4 is 0 Å². The van der Waals surface area contributed by atoms with E-state index in [-0.39, 0.29) is 47.4 Å². The van der Waals surface area contributed by atoms with Crippen molar-refractivity contribution in [1.82, 2.24) is 13.9 Å². The molecule has 202 valence electrons. The van der Waals surface area contributed by atoms with Crippen LogP contribution in [0.2, 0.25) is 0 Å². The topological polar surface area (TPSA) is 151 Å². The number of aromatic nitrogens is 2. The third-order valence-electron chi connectivity index (χ3n) is 6.48. The van der Waals surface area contributed by atoms with Crippen molar-refractivity contribution in [3.05, 3.63) is 64.5 Å². The fourth-order valence-electron chi connectivity index (χ4n) is 4.74. The van der Waals surface area contributed by atoms with Crippen molar-refractivity contribution >= 4 is 38.8 Å². The van der Waals surface area contributed by atoms with Crippen LogP contribution in [0.1, 0.15) is 39.2 Å². The summed E-state index contributed by atoms with van der Waals surface area (Å²) >= 11 is 0. The SMILES string of the molecule is COC(=O)C1(c2c([N+](=O)[O-])cnc3c2ccn3S(=O)(=O)c2ccccc2)CCN(C(=O)OC(C)(C)C)CC1. The minimum atomic E-state index is -4.09. The Bertz CT molecular complexity index is 1500. The second-order valence-corrected chi connectivity index (χ2v) is 11.8. The summed E-state index contributed by atoms with van der Waals surface area (Å²) in [6, 6.07) is 9.08. The van der Waals surface area contributed by atoms with Gasteiger partial charge in [-0.1, -0.05) is 18.2 Å². The Morgan fingerprint density at radius 1 is 1.11 bits per heavy atom. The monoisotopic (exact) mass is 544 g/mol. The van der Waals surface area contributed by atoms with Gasteiger partial charge in [0.15, 0.2) is 5.65 Å². The zero-order valence-electron chi connectivity index (χ0n) is 21.4. The van der Waals surface area contributed by atoms with E-state index >= 15 is 0 Å². The summed E-state index contributed by atoms with van der Waals surface area (Å²) in [5, 5.41) is 12.3. The lowest BCUT2D eigenvalue weighted by atomic mass is 9.71. The molecule has 0 radical (unpaired) electrons. The fraction of sp³-hybridized carbons (Fsp3) is 0.400. The standard InChI is InChI=1S/C25H28N4O8S/c1-24(2,3)37-23(31)27-14-11-25(12-15-27,22(30)36-4)20-18-10-13-28(21(18)26-16-19(20)29(32)33)38(34,35)17-8-6-5-7-9-17/h5-10,13,16H,11-12,14-15H2,1-4H3. The van der Waals surface area contributed by atoms with Crippen molar-refractivity contribution < 1.29 is 32.4 Å². The molecule has 12 nitrogen and oxygen atoms in total. The van der Waals surface area contributed by atoms with E-state index in [0.717, 1.165) is 10.2 Å². The van der Waals surface area contributed by atoms with Gasteiger partial charge in [0.2, 0.25) is 0 Å². The van der Waals surface area contributed by atoms with Crippen LogP contribution in [0.25, 0.3) is 11.0 Å². The second kappa shape index (κ2) is 9.71. The molecule has 0 bridgehead atoms. The van der Waals surface area contributed by atoms with Gasteiger partial charge in [-0.3, -0.25) is 14.9 Å². The summed E-state index contributed by atoms with van der Waals surface area (Å²) in [5.74, 6) is -0.726. The molecule has 0 saturated carbocycles. The minimum Gasteiger partial charge on any atom is -0.468 e. The Morgan fingerprint density at radius 3 is 2.29 bits per heavy atom. The summed E-state index contributed by atoms with van der Waals surface area (Å²) in [6.45, 7) is 5.33. The molecule has 1 aliphatic rings. The molecule has 3 heterocycles. The van der Waals surface area contributed by atoms with Crippen LogP contribution in [0.5, 0.6) is 0 Å². The van der Waals surface area contributed by atoms with E-state index in [0.29, 0.717) is 0 Å². The van der Waals surface area contributed by atoms with Crippen molar-refractivity contribution in [3.63, 3.8) is 0 Å². The van der Waals surface area contributed by atoms with Crippen molar-refractivity contribution in [2.45, 2.75) is 49.5 Å². The molecule has 0 N–H and O–H groups in total. The predicted octanol–water partition coefficient (Wildman–Crippen LogP) is 3.62. The number of hydrogen-bond acceptors (Lipinski definition) is 9. The maximum atomic E-state index is 13.4. The smallest absolute Gasteiger partial charge is 0.410 e. The number of amides is 1. The second-order valence-electron chi connectivity index (χ2n) is 9.98. The molecule has 1 fully saturated rings. The van der Waals surface area contributed by atoms with E-state index < -0.39 is 43.7 Å².